The van der Waals surface area contributed by atoms with Crippen molar-refractivity contribution >= 4 is 28.3 Å². The van der Waals surface area contributed by atoms with Gasteiger partial charge in [0.25, 0.3) is 5.91 Å². The highest BCUT2D eigenvalue weighted by molar-refractivity contribution is 6.01. The molecule has 0 aliphatic rings. The largest absolute Gasteiger partial charge is 0.459 e. The summed E-state index contributed by atoms with van der Waals surface area (Å²) in [5.41, 5.74) is 1.63. The van der Waals surface area contributed by atoms with E-state index in [1.54, 1.807) is 12.1 Å². The van der Waals surface area contributed by atoms with Crippen molar-refractivity contribution in [3.63, 3.8) is 0 Å². The molecule has 0 spiro atoms. The molecular weight excluding hydrogens is 364 g/mol. The molecule has 2 N–H and O–H groups in total. The van der Waals surface area contributed by atoms with Crippen LogP contribution in [0.5, 0.6) is 0 Å². The number of benzene rings is 3. The number of carbonyl (C=O) groups is 2. The number of hydrogen-bond donors (Lipinski definition) is 2. The second-order valence-electron chi connectivity index (χ2n) is 6.74. The van der Waals surface area contributed by atoms with Crippen molar-refractivity contribution < 1.29 is 14.0 Å². The molecule has 0 radical (unpaired) electrons. The van der Waals surface area contributed by atoms with Crippen LogP contribution in [0.4, 0.5) is 5.69 Å². The molecule has 5 nitrogen and oxygen atoms in total. The fraction of sp³-hybridized carbons (Fsp3) is 0.0833. The van der Waals surface area contributed by atoms with Crippen molar-refractivity contribution in [2.75, 3.05) is 5.32 Å². The first kappa shape index (κ1) is 18.5. The molecule has 5 heteroatoms. The van der Waals surface area contributed by atoms with Gasteiger partial charge in [0, 0.05) is 12.1 Å². The number of fused-ring (bicyclic) bond motifs is 1. The van der Waals surface area contributed by atoms with Crippen LogP contribution < -0.4 is 10.6 Å². The Bertz CT molecular complexity index is 1120. The number of furan rings is 1. The molecule has 0 saturated carbocycles. The standard InChI is InChI=1S/C24H20N2O3/c27-23(25-20-13-12-18-9-4-5-10-19(18)16-20)21(15-17-7-2-1-3-8-17)26-24(28)22-11-6-14-29-22/h1-14,16,21H,15H2,(H,25,27)(H,26,28)/t21-/m1/s1. The van der Waals surface area contributed by atoms with Gasteiger partial charge in [-0.3, -0.25) is 9.59 Å². The fourth-order valence-corrected chi connectivity index (χ4v) is 3.19. The first-order valence-electron chi connectivity index (χ1n) is 9.37. The van der Waals surface area contributed by atoms with E-state index in [2.05, 4.69) is 10.6 Å². The minimum Gasteiger partial charge on any atom is -0.459 e. The molecule has 1 heterocycles. The van der Waals surface area contributed by atoms with Gasteiger partial charge in [0.1, 0.15) is 6.04 Å². The van der Waals surface area contributed by atoms with Crippen molar-refractivity contribution in [2.24, 2.45) is 0 Å². The maximum Gasteiger partial charge on any atom is 0.287 e. The third-order valence-corrected chi connectivity index (χ3v) is 4.67. The number of carbonyl (C=O) groups excluding carboxylic acids is 2. The highest BCUT2D eigenvalue weighted by Gasteiger charge is 2.23. The second kappa shape index (κ2) is 8.44. The van der Waals surface area contributed by atoms with E-state index < -0.39 is 11.9 Å². The van der Waals surface area contributed by atoms with E-state index >= 15 is 0 Å². The predicted octanol–water partition coefficient (Wildman–Crippen LogP) is 4.41. The van der Waals surface area contributed by atoms with E-state index in [4.69, 9.17) is 4.42 Å². The van der Waals surface area contributed by atoms with Gasteiger partial charge >= 0.3 is 0 Å². The van der Waals surface area contributed by atoms with Crippen LogP contribution in [0, 0.1) is 0 Å². The van der Waals surface area contributed by atoms with Crippen molar-refractivity contribution in [2.45, 2.75) is 12.5 Å². The molecular formula is C24H20N2O3. The normalized spacial score (nSPS) is 11.7. The quantitative estimate of drug-likeness (QED) is 0.517. The van der Waals surface area contributed by atoms with Crippen LogP contribution in [0.25, 0.3) is 10.8 Å². The zero-order chi connectivity index (χ0) is 20.1. The average Bonchev–Trinajstić information content (AvgIpc) is 3.29. The van der Waals surface area contributed by atoms with Crippen molar-refractivity contribution in [1.29, 1.82) is 0 Å². The molecule has 0 saturated heterocycles. The summed E-state index contributed by atoms with van der Waals surface area (Å²) in [4.78, 5) is 25.5. The van der Waals surface area contributed by atoms with Gasteiger partial charge in [-0.2, -0.15) is 0 Å². The predicted molar refractivity (Wildman–Crippen MR) is 113 cm³/mol. The monoisotopic (exact) mass is 384 g/mol. The molecule has 3 aromatic carbocycles. The number of hydrogen-bond acceptors (Lipinski definition) is 3. The van der Waals surface area contributed by atoms with Gasteiger partial charge < -0.3 is 15.1 Å². The molecule has 1 aromatic heterocycles. The second-order valence-corrected chi connectivity index (χ2v) is 6.74. The van der Waals surface area contributed by atoms with Crippen LogP contribution in [0.15, 0.2) is 95.6 Å². The number of anilines is 1. The summed E-state index contributed by atoms with van der Waals surface area (Å²) >= 11 is 0. The Kier molecular flexibility index (Phi) is 5.38. The zero-order valence-electron chi connectivity index (χ0n) is 15.7. The van der Waals surface area contributed by atoms with Gasteiger partial charge in [-0.25, -0.2) is 0 Å². The number of rotatable bonds is 6. The van der Waals surface area contributed by atoms with E-state index in [1.165, 1.54) is 6.26 Å². The molecule has 0 bridgehead atoms. The lowest BCUT2D eigenvalue weighted by molar-refractivity contribution is -0.118. The van der Waals surface area contributed by atoms with Crippen LogP contribution in [0.2, 0.25) is 0 Å². The Morgan fingerprint density at radius 2 is 1.59 bits per heavy atom. The van der Waals surface area contributed by atoms with Crippen LogP contribution in [0.1, 0.15) is 16.1 Å². The van der Waals surface area contributed by atoms with Crippen molar-refractivity contribution in [1.82, 2.24) is 5.32 Å². The Hall–Kier alpha value is -3.86. The minimum atomic E-state index is -0.749. The lowest BCUT2D eigenvalue weighted by Crippen LogP contribution is -2.45. The molecule has 0 fully saturated rings. The molecule has 1 atom stereocenters. The Balaban J connectivity index is 1.54. The van der Waals surface area contributed by atoms with Crippen molar-refractivity contribution in [3.8, 4) is 0 Å². The molecule has 29 heavy (non-hydrogen) atoms. The summed E-state index contributed by atoms with van der Waals surface area (Å²) in [6.45, 7) is 0. The van der Waals surface area contributed by atoms with Crippen LogP contribution in [-0.4, -0.2) is 17.9 Å². The van der Waals surface area contributed by atoms with Crippen LogP contribution in [-0.2, 0) is 11.2 Å². The average molecular weight is 384 g/mol. The zero-order valence-corrected chi connectivity index (χ0v) is 15.7. The summed E-state index contributed by atoms with van der Waals surface area (Å²) in [5, 5.41) is 7.83. The van der Waals surface area contributed by atoms with E-state index in [0.717, 1.165) is 16.3 Å². The highest BCUT2D eigenvalue weighted by Crippen LogP contribution is 2.19. The summed E-state index contributed by atoms with van der Waals surface area (Å²) in [5.74, 6) is -0.546. The SMILES string of the molecule is O=C(N[C@H](Cc1ccccc1)C(=O)Nc1ccc2ccccc2c1)c1ccco1. The molecule has 0 aliphatic heterocycles. The first-order valence-corrected chi connectivity index (χ1v) is 9.37. The summed E-state index contributed by atoms with van der Waals surface area (Å²) in [6.07, 6.45) is 1.79. The summed E-state index contributed by atoms with van der Waals surface area (Å²) in [7, 11) is 0. The van der Waals surface area contributed by atoms with E-state index in [1.807, 2.05) is 72.8 Å². The molecule has 4 rings (SSSR count). The topological polar surface area (TPSA) is 71.3 Å². The molecule has 4 aromatic rings. The molecule has 2 amide bonds. The van der Waals surface area contributed by atoms with Gasteiger partial charge in [0.2, 0.25) is 5.91 Å². The highest BCUT2D eigenvalue weighted by atomic mass is 16.3. The Morgan fingerprint density at radius 1 is 0.828 bits per heavy atom. The van der Waals surface area contributed by atoms with Gasteiger partial charge in [-0.1, -0.05) is 60.7 Å². The van der Waals surface area contributed by atoms with E-state index in [-0.39, 0.29) is 11.7 Å². The van der Waals surface area contributed by atoms with Gasteiger partial charge in [-0.05, 0) is 40.6 Å². The Labute approximate surface area is 168 Å². The van der Waals surface area contributed by atoms with E-state index in [9.17, 15) is 9.59 Å². The van der Waals surface area contributed by atoms with Gasteiger partial charge in [0.15, 0.2) is 5.76 Å². The Morgan fingerprint density at radius 3 is 2.34 bits per heavy atom. The lowest BCUT2D eigenvalue weighted by Gasteiger charge is -2.18. The smallest absolute Gasteiger partial charge is 0.287 e. The van der Waals surface area contributed by atoms with Crippen LogP contribution in [0.3, 0.4) is 0 Å². The number of amides is 2. The molecule has 0 aliphatic carbocycles. The molecule has 0 unspecified atom stereocenters. The van der Waals surface area contributed by atoms with Gasteiger partial charge in [-0.15, -0.1) is 0 Å². The van der Waals surface area contributed by atoms with E-state index in [0.29, 0.717) is 12.1 Å². The lowest BCUT2D eigenvalue weighted by atomic mass is 10.0. The van der Waals surface area contributed by atoms with Crippen LogP contribution >= 0.6 is 0 Å². The van der Waals surface area contributed by atoms with Gasteiger partial charge in [0.05, 0.1) is 6.26 Å². The fourth-order valence-electron chi connectivity index (χ4n) is 3.19. The maximum absolute atomic E-state index is 13.0. The third-order valence-electron chi connectivity index (χ3n) is 4.67. The summed E-state index contributed by atoms with van der Waals surface area (Å²) in [6, 6.07) is 25.7. The summed E-state index contributed by atoms with van der Waals surface area (Å²) < 4.78 is 5.15. The number of nitrogens with one attached hydrogen (secondary N) is 2. The first-order chi connectivity index (χ1) is 14.2. The molecule has 144 valence electrons. The van der Waals surface area contributed by atoms with Crippen molar-refractivity contribution in [3.05, 3.63) is 103 Å². The maximum atomic E-state index is 13.0. The minimum absolute atomic E-state index is 0.168. The third kappa shape index (κ3) is 4.52.